The van der Waals surface area contributed by atoms with Crippen LogP contribution < -0.4 is 0 Å². The fraction of sp³-hybridized carbons (Fsp3) is 0.769. The molecule has 2 atom stereocenters. The molecule has 0 aromatic heterocycles. The molecule has 0 spiro atoms. The predicted octanol–water partition coefficient (Wildman–Crippen LogP) is 0.881. The Balaban J connectivity index is 2.67. The number of rotatable bonds is 5. The highest BCUT2D eigenvalue weighted by molar-refractivity contribution is 5.88. The molecule has 0 radical (unpaired) electrons. The smallest absolute Gasteiger partial charge is 0.328 e. The summed E-state index contributed by atoms with van der Waals surface area (Å²) in [6.45, 7) is 5.27. The van der Waals surface area contributed by atoms with Crippen LogP contribution in [-0.2, 0) is 23.9 Å². The van der Waals surface area contributed by atoms with Crippen molar-refractivity contribution in [1.29, 1.82) is 0 Å². The van der Waals surface area contributed by atoms with Gasteiger partial charge in [-0.3, -0.25) is 9.59 Å². The van der Waals surface area contributed by atoms with Gasteiger partial charge in [0.15, 0.2) is 0 Å². The maximum atomic E-state index is 11.8. The van der Waals surface area contributed by atoms with Crippen LogP contribution in [0.2, 0.25) is 0 Å². The normalized spacial score (nSPS) is 20.6. The van der Waals surface area contributed by atoms with E-state index in [9.17, 15) is 14.4 Å². The zero-order valence-corrected chi connectivity index (χ0v) is 11.8. The van der Waals surface area contributed by atoms with Crippen molar-refractivity contribution in [1.82, 2.24) is 4.90 Å². The Kier molecular flexibility index (Phi) is 5.32. The van der Waals surface area contributed by atoms with Crippen molar-refractivity contribution in [2.24, 2.45) is 0 Å². The van der Waals surface area contributed by atoms with Crippen LogP contribution in [0.5, 0.6) is 0 Å². The first-order valence-corrected chi connectivity index (χ1v) is 6.45. The maximum absolute atomic E-state index is 11.8. The number of hydrogen-bond acceptors (Lipinski definition) is 5. The lowest BCUT2D eigenvalue weighted by atomic mass is 10.1. The third-order valence-electron chi connectivity index (χ3n) is 3.03. The van der Waals surface area contributed by atoms with Crippen LogP contribution in [0.4, 0.5) is 0 Å². The van der Waals surface area contributed by atoms with Gasteiger partial charge in [-0.05, 0) is 27.2 Å². The molecule has 0 N–H and O–H groups in total. The fourth-order valence-electron chi connectivity index (χ4n) is 2.27. The molecule has 6 heteroatoms. The molecule has 1 aliphatic rings. The second-order valence-corrected chi connectivity index (χ2v) is 4.97. The molecule has 1 heterocycles. The van der Waals surface area contributed by atoms with Gasteiger partial charge in [-0.15, -0.1) is 0 Å². The molecule has 1 saturated heterocycles. The van der Waals surface area contributed by atoms with Crippen LogP contribution in [0, 0.1) is 0 Å². The molecule has 6 nitrogen and oxygen atoms in total. The second kappa shape index (κ2) is 6.54. The minimum atomic E-state index is -0.584. The largest absolute Gasteiger partial charge is 0.467 e. The van der Waals surface area contributed by atoms with Gasteiger partial charge >= 0.3 is 11.9 Å². The van der Waals surface area contributed by atoms with E-state index in [0.717, 1.165) is 0 Å². The summed E-state index contributed by atoms with van der Waals surface area (Å²) in [5.74, 6) is -0.930. The Bertz CT molecular complexity index is 366. The lowest BCUT2D eigenvalue weighted by Gasteiger charge is -2.29. The quantitative estimate of drug-likeness (QED) is 0.694. The zero-order chi connectivity index (χ0) is 14.6. The van der Waals surface area contributed by atoms with Crippen LogP contribution in [-0.4, -0.2) is 48.0 Å². The van der Waals surface area contributed by atoms with E-state index in [0.29, 0.717) is 12.8 Å². The number of carbonyl (C=O) groups is 3. The Morgan fingerprint density at radius 1 is 1.37 bits per heavy atom. The minimum absolute atomic E-state index is 0.0808. The Morgan fingerprint density at radius 2 is 2.00 bits per heavy atom. The van der Waals surface area contributed by atoms with Crippen LogP contribution in [0.3, 0.4) is 0 Å². The first-order valence-electron chi connectivity index (χ1n) is 6.45. The van der Waals surface area contributed by atoms with Gasteiger partial charge in [-0.25, -0.2) is 4.79 Å². The number of amides is 1. The molecule has 1 amide bonds. The minimum Gasteiger partial charge on any atom is -0.467 e. The molecule has 0 bridgehead atoms. The van der Waals surface area contributed by atoms with E-state index < -0.39 is 12.0 Å². The molecule has 2 unspecified atom stereocenters. The lowest BCUT2D eigenvalue weighted by molar-refractivity contribution is -0.154. The zero-order valence-electron chi connectivity index (χ0n) is 11.8. The summed E-state index contributed by atoms with van der Waals surface area (Å²) < 4.78 is 9.73. The summed E-state index contributed by atoms with van der Waals surface area (Å²) >= 11 is 0. The van der Waals surface area contributed by atoms with Crippen molar-refractivity contribution < 1.29 is 23.9 Å². The van der Waals surface area contributed by atoms with Gasteiger partial charge in [0, 0.05) is 12.5 Å². The summed E-state index contributed by atoms with van der Waals surface area (Å²) in [6.07, 6.45) is 0.640. The van der Waals surface area contributed by atoms with Crippen LogP contribution in [0.15, 0.2) is 0 Å². The van der Waals surface area contributed by atoms with Crippen molar-refractivity contribution in [3.63, 3.8) is 0 Å². The molecular formula is C13H21NO5. The van der Waals surface area contributed by atoms with Crippen molar-refractivity contribution in [2.45, 2.75) is 58.2 Å². The molecule has 0 saturated carbocycles. The lowest BCUT2D eigenvalue weighted by Crippen LogP contribution is -2.45. The predicted molar refractivity (Wildman–Crippen MR) is 67.2 cm³/mol. The summed E-state index contributed by atoms with van der Waals surface area (Å²) in [6, 6.07) is -0.954. The van der Waals surface area contributed by atoms with Crippen molar-refractivity contribution in [3.05, 3.63) is 0 Å². The van der Waals surface area contributed by atoms with E-state index >= 15 is 0 Å². The van der Waals surface area contributed by atoms with Gasteiger partial charge in [-0.2, -0.15) is 0 Å². The highest BCUT2D eigenvalue weighted by Gasteiger charge is 2.40. The van der Waals surface area contributed by atoms with Gasteiger partial charge in [0.1, 0.15) is 6.04 Å². The number of nitrogens with zero attached hydrogens (tertiary/aromatic N) is 1. The van der Waals surface area contributed by atoms with Crippen LogP contribution >= 0.6 is 0 Å². The molecule has 0 aromatic rings. The Labute approximate surface area is 113 Å². The van der Waals surface area contributed by atoms with E-state index in [-0.39, 0.29) is 30.4 Å². The van der Waals surface area contributed by atoms with Gasteiger partial charge in [0.25, 0.3) is 0 Å². The van der Waals surface area contributed by atoms with E-state index in [4.69, 9.17) is 4.74 Å². The number of hydrogen-bond donors (Lipinski definition) is 0. The SMILES string of the molecule is COC(=O)C1CCC(=O)N1C(C)CC(=O)OC(C)C. The standard InChI is InChI=1S/C13H21NO5/c1-8(2)19-12(16)7-9(3)14-10(13(17)18-4)5-6-11(14)15/h8-10H,5-7H2,1-4H3. The number of carbonyl (C=O) groups excluding carboxylic acids is 3. The van der Waals surface area contributed by atoms with Gasteiger partial charge in [-0.1, -0.05) is 0 Å². The van der Waals surface area contributed by atoms with Gasteiger partial charge in [0.2, 0.25) is 5.91 Å². The number of ether oxygens (including phenoxy) is 2. The highest BCUT2D eigenvalue weighted by atomic mass is 16.5. The molecule has 1 rings (SSSR count). The molecule has 0 aromatic carbocycles. The first kappa shape index (κ1) is 15.5. The molecule has 1 fully saturated rings. The van der Waals surface area contributed by atoms with Gasteiger partial charge in [0.05, 0.1) is 19.6 Å². The number of likely N-dealkylation sites (tertiary alicyclic amines) is 1. The van der Waals surface area contributed by atoms with E-state index in [2.05, 4.69) is 4.74 Å². The highest BCUT2D eigenvalue weighted by Crippen LogP contribution is 2.24. The first-order chi connectivity index (χ1) is 8.86. The third kappa shape index (κ3) is 3.94. The average molecular weight is 271 g/mol. The van der Waals surface area contributed by atoms with Crippen LogP contribution in [0.1, 0.15) is 40.0 Å². The summed E-state index contributed by atoms with van der Waals surface area (Å²) in [5, 5.41) is 0. The second-order valence-electron chi connectivity index (χ2n) is 4.97. The molecule has 108 valence electrons. The fourth-order valence-corrected chi connectivity index (χ4v) is 2.27. The molecule has 0 aliphatic carbocycles. The number of methoxy groups -OCH3 is 1. The molecule has 19 heavy (non-hydrogen) atoms. The maximum Gasteiger partial charge on any atom is 0.328 e. The summed E-state index contributed by atoms with van der Waals surface area (Å²) in [7, 11) is 1.29. The number of esters is 2. The van der Waals surface area contributed by atoms with Crippen molar-refractivity contribution in [2.75, 3.05) is 7.11 Å². The third-order valence-corrected chi connectivity index (χ3v) is 3.03. The molecule has 1 aliphatic heterocycles. The van der Waals surface area contributed by atoms with Crippen molar-refractivity contribution in [3.8, 4) is 0 Å². The average Bonchev–Trinajstić information content (AvgIpc) is 2.68. The van der Waals surface area contributed by atoms with E-state index in [1.54, 1.807) is 20.8 Å². The molecular weight excluding hydrogens is 250 g/mol. The van der Waals surface area contributed by atoms with Crippen molar-refractivity contribution >= 4 is 17.8 Å². The monoisotopic (exact) mass is 271 g/mol. The summed E-state index contributed by atoms with van der Waals surface area (Å²) in [5.41, 5.74) is 0. The Hall–Kier alpha value is -1.59. The van der Waals surface area contributed by atoms with E-state index in [1.807, 2.05) is 0 Å². The van der Waals surface area contributed by atoms with Crippen LogP contribution in [0.25, 0.3) is 0 Å². The summed E-state index contributed by atoms with van der Waals surface area (Å²) in [4.78, 5) is 36.5. The van der Waals surface area contributed by atoms with Gasteiger partial charge < -0.3 is 14.4 Å². The van der Waals surface area contributed by atoms with E-state index in [1.165, 1.54) is 12.0 Å². The topological polar surface area (TPSA) is 72.9 Å². The Morgan fingerprint density at radius 3 is 2.53 bits per heavy atom.